The topological polar surface area (TPSA) is 24.1 Å². The zero-order chi connectivity index (χ0) is 12.6. The van der Waals surface area contributed by atoms with Crippen LogP contribution in [0.2, 0.25) is 0 Å². The molecule has 0 radical (unpaired) electrons. The second-order valence-corrected chi connectivity index (χ2v) is 7.34. The SMILES string of the molecule is CCCCNC(=S)NC12CC3CC(CC(C3)C1)C2. The average Bonchev–Trinajstić information content (AvgIpc) is 2.26. The summed E-state index contributed by atoms with van der Waals surface area (Å²) >= 11 is 5.48. The first-order valence-electron chi connectivity index (χ1n) is 7.75. The van der Waals surface area contributed by atoms with Gasteiger partial charge in [0.2, 0.25) is 0 Å². The Morgan fingerprint density at radius 3 is 2.17 bits per heavy atom. The van der Waals surface area contributed by atoms with Gasteiger partial charge >= 0.3 is 0 Å². The number of hydrogen-bond acceptors (Lipinski definition) is 1. The summed E-state index contributed by atoms with van der Waals surface area (Å²) in [6, 6.07) is 0. The molecule has 0 amide bonds. The van der Waals surface area contributed by atoms with E-state index >= 15 is 0 Å². The molecule has 4 fully saturated rings. The van der Waals surface area contributed by atoms with E-state index in [0.29, 0.717) is 5.54 Å². The monoisotopic (exact) mass is 266 g/mol. The molecule has 0 aromatic carbocycles. The zero-order valence-corrected chi connectivity index (χ0v) is 12.3. The summed E-state index contributed by atoms with van der Waals surface area (Å²) < 4.78 is 0. The summed E-state index contributed by atoms with van der Waals surface area (Å²) in [6.45, 7) is 3.24. The van der Waals surface area contributed by atoms with E-state index in [-0.39, 0.29) is 0 Å². The minimum atomic E-state index is 0.366. The molecular formula is C15H26N2S. The first-order valence-corrected chi connectivity index (χ1v) is 8.16. The van der Waals surface area contributed by atoms with Crippen molar-refractivity contribution in [2.24, 2.45) is 17.8 Å². The molecule has 4 rings (SSSR count). The van der Waals surface area contributed by atoms with Gasteiger partial charge in [0.05, 0.1) is 0 Å². The van der Waals surface area contributed by atoms with Crippen LogP contribution < -0.4 is 10.6 Å². The van der Waals surface area contributed by atoms with Crippen LogP contribution in [0.5, 0.6) is 0 Å². The van der Waals surface area contributed by atoms with Crippen LogP contribution in [0.4, 0.5) is 0 Å². The van der Waals surface area contributed by atoms with Gasteiger partial charge in [-0.1, -0.05) is 13.3 Å². The summed E-state index contributed by atoms with van der Waals surface area (Å²) in [5.74, 6) is 2.96. The summed E-state index contributed by atoms with van der Waals surface area (Å²) in [5, 5.41) is 7.99. The quantitative estimate of drug-likeness (QED) is 0.603. The molecule has 2 N–H and O–H groups in total. The van der Waals surface area contributed by atoms with E-state index in [4.69, 9.17) is 12.2 Å². The lowest BCUT2D eigenvalue weighted by Gasteiger charge is -2.57. The van der Waals surface area contributed by atoms with Crippen molar-refractivity contribution in [3.05, 3.63) is 0 Å². The van der Waals surface area contributed by atoms with Gasteiger partial charge in [-0.05, 0) is 74.9 Å². The molecule has 0 heterocycles. The molecule has 102 valence electrons. The molecule has 4 aliphatic carbocycles. The molecule has 4 aliphatic rings. The number of rotatable bonds is 4. The molecule has 0 aliphatic heterocycles. The van der Waals surface area contributed by atoms with Crippen LogP contribution in [0, 0.1) is 17.8 Å². The number of hydrogen-bond donors (Lipinski definition) is 2. The van der Waals surface area contributed by atoms with Crippen LogP contribution in [-0.2, 0) is 0 Å². The minimum Gasteiger partial charge on any atom is -0.363 e. The summed E-state index contributed by atoms with van der Waals surface area (Å²) in [6.07, 6.45) is 11.0. The van der Waals surface area contributed by atoms with Crippen molar-refractivity contribution in [3.8, 4) is 0 Å². The van der Waals surface area contributed by atoms with Crippen LogP contribution in [0.3, 0.4) is 0 Å². The van der Waals surface area contributed by atoms with Crippen molar-refractivity contribution in [3.63, 3.8) is 0 Å². The molecule has 4 bridgehead atoms. The fraction of sp³-hybridized carbons (Fsp3) is 0.933. The second-order valence-electron chi connectivity index (χ2n) is 6.93. The Labute approximate surface area is 116 Å². The molecule has 0 atom stereocenters. The van der Waals surface area contributed by atoms with E-state index in [1.54, 1.807) is 0 Å². The minimum absolute atomic E-state index is 0.366. The van der Waals surface area contributed by atoms with Gasteiger partial charge in [0, 0.05) is 12.1 Å². The molecule has 0 aromatic heterocycles. The van der Waals surface area contributed by atoms with Crippen LogP contribution in [0.25, 0.3) is 0 Å². The van der Waals surface area contributed by atoms with Gasteiger partial charge in [0.25, 0.3) is 0 Å². The van der Waals surface area contributed by atoms with Crippen LogP contribution >= 0.6 is 12.2 Å². The Morgan fingerprint density at radius 1 is 1.11 bits per heavy atom. The third kappa shape index (κ3) is 2.52. The van der Waals surface area contributed by atoms with Crippen molar-refractivity contribution in [2.75, 3.05) is 6.54 Å². The Morgan fingerprint density at radius 2 is 1.67 bits per heavy atom. The van der Waals surface area contributed by atoms with Crippen LogP contribution in [-0.4, -0.2) is 17.2 Å². The lowest BCUT2D eigenvalue weighted by Crippen LogP contribution is -2.61. The Hall–Kier alpha value is -0.310. The Bertz CT molecular complexity index is 291. The smallest absolute Gasteiger partial charge is 0.166 e. The van der Waals surface area contributed by atoms with Crippen molar-refractivity contribution in [1.82, 2.24) is 10.6 Å². The van der Waals surface area contributed by atoms with E-state index in [0.717, 1.165) is 29.4 Å². The lowest BCUT2D eigenvalue weighted by atomic mass is 9.53. The van der Waals surface area contributed by atoms with Crippen molar-refractivity contribution >= 4 is 17.3 Å². The largest absolute Gasteiger partial charge is 0.363 e. The highest BCUT2D eigenvalue weighted by molar-refractivity contribution is 7.80. The van der Waals surface area contributed by atoms with Gasteiger partial charge in [-0.15, -0.1) is 0 Å². The summed E-state index contributed by atoms with van der Waals surface area (Å²) in [5.41, 5.74) is 0.366. The zero-order valence-electron chi connectivity index (χ0n) is 11.5. The van der Waals surface area contributed by atoms with E-state index in [2.05, 4.69) is 17.6 Å². The van der Waals surface area contributed by atoms with Gasteiger partial charge in [0.1, 0.15) is 0 Å². The van der Waals surface area contributed by atoms with Gasteiger partial charge in [-0.25, -0.2) is 0 Å². The molecule has 18 heavy (non-hydrogen) atoms. The Kier molecular flexibility index (Phi) is 3.52. The van der Waals surface area contributed by atoms with E-state index in [1.165, 1.54) is 51.4 Å². The third-order valence-corrected chi connectivity index (χ3v) is 5.48. The van der Waals surface area contributed by atoms with Crippen molar-refractivity contribution in [2.45, 2.75) is 63.8 Å². The highest BCUT2D eigenvalue weighted by Crippen LogP contribution is 2.55. The standard InChI is InChI=1S/C15H26N2S/c1-2-3-4-16-14(18)17-15-8-11-5-12(9-15)7-13(6-11)10-15/h11-13H,2-10H2,1H3,(H2,16,17,18). The average molecular weight is 266 g/mol. The maximum Gasteiger partial charge on any atom is 0.166 e. The molecule has 4 saturated carbocycles. The van der Waals surface area contributed by atoms with Crippen LogP contribution in [0.1, 0.15) is 58.3 Å². The van der Waals surface area contributed by atoms with Crippen molar-refractivity contribution in [1.29, 1.82) is 0 Å². The van der Waals surface area contributed by atoms with E-state index < -0.39 is 0 Å². The van der Waals surface area contributed by atoms with E-state index in [9.17, 15) is 0 Å². The third-order valence-electron chi connectivity index (χ3n) is 5.23. The molecule has 0 aromatic rings. The predicted molar refractivity (Wildman–Crippen MR) is 79.5 cm³/mol. The second kappa shape index (κ2) is 4.99. The molecule has 3 heteroatoms. The van der Waals surface area contributed by atoms with Crippen molar-refractivity contribution < 1.29 is 0 Å². The molecule has 0 saturated heterocycles. The highest BCUT2D eigenvalue weighted by Gasteiger charge is 2.51. The maximum atomic E-state index is 5.48. The summed E-state index contributed by atoms with van der Waals surface area (Å²) in [4.78, 5) is 0. The number of unbranched alkanes of at least 4 members (excludes halogenated alkanes) is 1. The maximum absolute atomic E-state index is 5.48. The first-order chi connectivity index (χ1) is 8.69. The molecule has 0 spiro atoms. The van der Waals surface area contributed by atoms with Gasteiger partial charge in [0.15, 0.2) is 5.11 Å². The van der Waals surface area contributed by atoms with Gasteiger partial charge in [-0.2, -0.15) is 0 Å². The van der Waals surface area contributed by atoms with Gasteiger partial charge < -0.3 is 10.6 Å². The Balaban J connectivity index is 1.57. The summed E-state index contributed by atoms with van der Waals surface area (Å²) in [7, 11) is 0. The number of thiocarbonyl (C=S) groups is 1. The molecular weight excluding hydrogens is 240 g/mol. The van der Waals surface area contributed by atoms with Crippen LogP contribution in [0.15, 0.2) is 0 Å². The van der Waals surface area contributed by atoms with E-state index in [1.807, 2.05) is 0 Å². The number of nitrogens with one attached hydrogen (secondary N) is 2. The molecule has 2 nitrogen and oxygen atoms in total. The fourth-order valence-electron chi connectivity index (χ4n) is 4.93. The normalized spacial score (nSPS) is 40.8. The predicted octanol–water partition coefficient (Wildman–Crippen LogP) is 3.22. The highest BCUT2D eigenvalue weighted by atomic mass is 32.1. The fourth-order valence-corrected chi connectivity index (χ4v) is 5.25. The van der Waals surface area contributed by atoms with Gasteiger partial charge in [-0.3, -0.25) is 0 Å². The lowest BCUT2D eigenvalue weighted by molar-refractivity contribution is -0.0101. The first kappa shape index (κ1) is 12.7. The molecule has 0 unspecified atom stereocenters.